The van der Waals surface area contributed by atoms with Crippen molar-refractivity contribution in [3.05, 3.63) is 0 Å². The van der Waals surface area contributed by atoms with Gasteiger partial charge < -0.3 is 0 Å². The minimum absolute atomic E-state index is 0.0249. The van der Waals surface area contributed by atoms with Crippen LogP contribution in [0.3, 0.4) is 0 Å². The molecule has 1 aliphatic heterocycles. The van der Waals surface area contributed by atoms with Crippen LogP contribution in [-0.2, 0) is 9.59 Å². The van der Waals surface area contributed by atoms with Crippen LogP contribution in [0.2, 0.25) is 0 Å². The van der Waals surface area contributed by atoms with E-state index in [4.69, 9.17) is 0 Å². The molecule has 1 aliphatic rings. The van der Waals surface area contributed by atoms with Gasteiger partial charge in [0.2, 0.25) is 11.8 Å². The van der Waals surface area contributed by atoms with Gasteiger partial charge >= 0.3 is 0 Å². The van der Waals surface area contributed by atoms with Crippen LogP contribution in [0.4, 0.5) is 0 Å². The summed E-state index contributed by atoms with van der Waals surface area (Å²) in [4.78, 5) is 24.0. The lowest BCUT2D eigenvalue weighted by Gasteiger charge is -2.15. The van der Waals surface area contributed by atoms with E-state index in [9.17, 15) is 9.59 Å². The molecular formula is C9H14BrNO2. The van der Waals surface area contributed by atoms with Gasteiger partial charge in [-0.25, -0.2) is 0 Å². The smallest absolute Gasteiger partial charge is 0.239 e. The summed E-state index contributed by atoms with van der Waals surface area (Å²) in [5.41, 5.74) is 0. The molecule has 0 aromatic rings. The fourth-order valence-corrected chi connectivity index (χ4v) is 1.80. The molecule has 0 aliphatic carbocycles. The molecule has 13 heavy (non-hydrogen) atoms. The number of carbonyl (C=O) groups is 2. The number of alkyl halides is 1. The van der Waals surface area contributed by atoms with Gasteiger partial charge in [0.1, 0.15) is 0 Å². The molecule has 74 valence electrons. The number of hydrogen-bond donors (Lipinski definition) is 0. The first-order valence-electron chi connectivity index (χ1n) is 4.45. The Labute approximate surface area is 86.6 Å². The summed E-state index contributed by atoms with van der Waals surface area (Å²) in [5.74, 6) is 0.670. The zero-order chi connectivity index (χ0) is 10.0. The Morgan fingerprint density at radius 3 is 2.69 bits per heavy atom. The largest absolute Gasteiger partial charge is 0.282 e. The molecule has 0 radical (unpaired) electrons. The molecule has 1 atom stereocenters. The molecule has 0 spiro atoms. The average Bonchev–Trinajstić information content (AvgIpc) is 2.46. The first kappa shape index (κ1) is 10.7. The molecule has 0 N–H and O–H groups in total. The monoisotopic (exact) mass is 247 g/mol. The van der Waals surface area contributed by atoms with Crippen molar-refractivity contribution in [2.45, 2.75) is 20.3 Å². The maximum absolute atomic E-state index is 11.4. The molecule has 1 saturated heterocycles. The Morgan fingerprint density at radius 1 is 1.69 bits per heavy atom. The van der Waals surface area contributed by atoms with E-state index >= 15 is 0 Å². The number of hydrogen-bond acceptors (Lipinski definition) is 2. The van der Waals surface area contributed by atoms with E-state index in [-0.39, 0.29) is 17.1 Å². The number of likely N-dealkylation sites (tertiary alicyclic amines) is 1. The van der Waals surface area contributed by atoms with Crippen LogP contribution in [0.1, 0.15) is 20.3 Å². The summed E-state index contributed by atoms with van der Waals surface area (Å²) in [5, 5.41) is 0.240. The second-order valence-electron chi connectivity index (χ2n) is 3.74. The third-order valence-corrected chi connectivity index (χ3v) is 2.99. The number of imide groups is 1. The van der Waals surface area contributed by atoms with Gasteiger partial charge in [-0.1, -0.05) is 29.8 Å². The van der Waals surface area contributed by atoms with Crippen molar-refractivity contribution in [2.75, 3.05) is 11.9 Å². The van der Waals surface area contributed by atoms with Gasteiger partial charge in [0.05, 0.1) is 5.33 Å². The zero-order valence-electron chi connectivity index (χ0n) is 7.92. The second kappa shape index (κ2) is 4.22. The van der Waals surface area contributed by atoms with Crippen LogP contribution in [0, 0.1) is 11.8 Å². The van der Waals surface area contributed by atoms with Crippen molar-refractivity contribution in [3.8, 4) is 0 Å². The Bertz CT molecular complexity index is 228. The van der Waals surface area contributed by atoms with Crippen molar-refractivity contribution >= 4 is 27.7 Å². The molecule has 3 nitrogen and oxygen atoms in total. The van der Waals surface area contributed by atoms with Crippen molar-refractivity contribution in [3.63, 3.8) is 0 Å². The Kier molecular flexibility index (Phi) is 3.47. The predicted octanol–water partition coefficient (Wildman–Crippen LogP) is 1.41. The number of nitrogens with zero attached hydrogens (tertiary/aromatic N) is 1. The highest BCUT2D eigenvalue weighted by Gasteiger charge is 2.34. The maximum Gasteiger partial charge on any atom is 0.239 e. The summed E-state index contributed by atoms with van der Waals surface area (Å²) in [7, 11) is 0. The Hall–Kier alpha value is -0.380. The van der Waals surface area contributed by atoms with Gasteiger partial charge in [-0.15, -0.1) is 0 Å². The van der Waals surface area contributed by atoms with Crippen molar-refractivity contribution in [2.24, 2.45) is 11.8 Å². The van der Waals surface area contributed by atoms with Gasteiger partial charge in [0, 0.05) is 13.0 Å². The standard InChI is InChI=1S/C9H14BrNO2/c1-6(2)7-3-8(12)11(5-7)9(13)4-10/h6-7H,3-5H2,1-2H3. The predicted molar refractivity (Wildman–Crippen MR) is 53.5 cm³/mol. The molecule has 1 rings (SSSR count). The Balaban J connectivity index is 2.61. The van der Waals surface area contributed by atoms with E-state index < -0.39 is 0 Å². The summed E-state index contributed by atoms with van der Waals surface area (Å²) >= 11 is 3.07. The number of halogens is 1. The fraction of sp³-hybridized carbons (Fsp3) is 0.778. The lowest BCUT2D eigenvalue weighted by Crippen LogP contribution is -2.33. The number of amides is 2. The highest BCUT2D eigenvalue weighted by molar-refractivity contribution is 9.09. The lowest BCUT2D eigenvalue weighted by atomic mass is 9.95. The summed E-state index contributed by atoms with van der Waals surface area (Å²) < 4.78 is 0. The molecule has 0 aromatic carbocycles. The number of carbonyl (C=O) groups excluding carboxylic acids is 2. The van der Waals surface area contributed by atoms with Crippen molar-refractivity contribution < 1.29 is 9.59 Å². The molecule has 1 unspecified atom stereocenters. The molecule has 1 heterocycles. The summed E-state index contributed by atoms with van der Waals surface area (Å²) in [6.45, 7) is 4.76. The third kappa shape index (κ3) is 2.30. The van der Waals surface area contributed by atoms with Crippen LogP contribution < -0.4 is 0 Å². The van der Waals surface area contributed by atoms with Gasteiger partial charge in [-0.2, -0.15) is 0 Å². The minimum Gasteiger partial charge on any atom is -0.282 e. The SMILES string of the molecule is CC(C)C1CC(=O)N(C(=O)CBr)C1. The van der Waals surface area contributed by atoms with Gasteiger partial charge in [-0.3, -0.25) is 14.5 Å². The molecular weight excluding hydrogens is 234 g/mol. The van der Waals surface area contributed by atoms with E-state index in [0.717, 1.165) is 0 Å². The third-order valence-electron chi connectivity index (χ3n) is 2.51. The quantitative estimate of drug-likeness (QED) is 0.693. The van der Waals surface area contributed by atoms with E-state index in [0.29, 0.717) is 24.8 Å². The van der Waals surface area contributed by atoms with Gasteiger partial charge in [0.15, 0.2) is 0 Å². The maximum atomic E-state index is 11.4. The van der Waals surface area contributed by atoms with Crippen molar-refractivity contribution in [1.82, 2.24) is 4.90 Å². The molecule has 0 saturated carbocycles. The molecule has 4 heteroatoms. The molecule has 0 aromatic heterocycles. The van der Waals surface area contributed by atoms with Crippen LogP contribution >= 0.6 is 15.9 Å². The van der Waals surface area contributed by atoms with E-state index in [1.807, 2.05) is 0 Å². The first-order chi connectivity index (χ1) is 6.06. The van der Waals surface area contributed by atoms with E-state index in [1.165, 1.54) is 4.90 Å². The minimum atomic E-state index is -0.117. The summed E-state index contributed by atoms with van der Waals surface area (Å²) in [6.07, 6.45) is 0.524. The van der Waals surface area contributed by atoms with Gasteiger partial charge in [-0.05, 0) is 11.8 Å². The van der Waals surface area contributed by atoms with Crippen LogP contribution in [-0.4, -0.2) is 28.6 Å². The molecule has 0 bridgehead atoms. The van der Waals surface area contributed by atoms with Gasteiger partial charge in [0.25, 0.3) is 0 Å². The first-order valence-corrected chi connectivity index (χ1v) is 5.57. The van der Waals surface area contributed by atoms with Crippen LogP contribution in [0.25, 0.3) is 0 Å². The molecule has 1 fully saturated rings. The lowest BCUT2D eigenvalue weighted by molar-refractivity contribution is -0.139. The van der Waals surface area contributed by atoms with E-state index in [2.05, 4.69) is 29.8 Å². The second-order valence-corrected chi connectivity index (χ2v) is 4.30. The highest BCUT2D eigenvalue weighted by atomic mass is 79.9. The van der Waals surface area contributed by atoms with Crippen molar-refractivity contribution in [1.29, 1.82) is 0 Å². The normalized spacial score (nSPS) is 22.9. The average molecular weight is 248 g/mol. The topological polar surface area (TPSA) is 37.4 Å². The number of rotatable bonds is 2. The van der Waals surface area contributed by atoms with Crippen LogP contribution in [0.5, 0.6) is 0 Å². The fourth-order valence-electron chi connectivity index (χ4n) is 1.49. The van der Waals surface area contributed by atoms with Crippen LogP contribution in [0.15, 0.2) is 0 Å². The zero-order valence-corrected chi connectivity index (χ0v) is 9.50. The Morgan fingerprint density at radius 2 is 2.31 bits per heavy atom. The van der Waals surface area contributed by atoms with E-state index in [1.54, 1.807) is 0 Å². The molecule has 2 amide bonds. The summed E-state index contributed by atoms with van der Waals surface area (Å²) in [6, 6.07) is 0. The highest BCUT2D eigenvalue weighted by Crippen LogP contribution is 2.24.